The van der Waals surface area contributed by atoms with Crippen molar-refractivity contribution in [1.82, 2.24) is 5.32 Å². The second kappa shape index (κ2) is 6.47. The van der Waals surface area contributed by atoms with Crippen molar-refractivity contribution >= 4 is 0 Å². The van der Waals surface area contributed by atoms with E-state index in [9.17, 15) is 4.39 Å². The maximum atomic E-state index is 13.2. The molecule has 0 radical (unpaired) electrons. The van der Waals surface area contributed by atoms with E-state index in [4.69, 9.17) is 10.5 Å². The molecule has 0 amide bonds. The van der Waals surface area contributed by atoms with Gasteiger partial charge in [-0.05, 0) is 41.5 Å². The number of hydrogen-bond acceptors (Lipinski definition) is 3. The monoisotopic (exact) mass is 265 g/mol. The van der Waals surface area contributed by atoms with E-state index in [1.807, 2.05) is 18.2 Å². The first kappa shape index (κ1) is 13.7. The highest BCUT2D eigenvalue weighted by Crippen LogP contribution is 2.09. The molecule has 0 atom stereocenters. The van der Waals surface area contributed by atoms with Gasteiger partial charge in [-0.2, -0.15) is 10.5 Å². The molecule has 0 fully saturated rings. The van der Waals surface area contributed by atoms with E-state index >= 15 is 0 Å². The Balaban J connectivity index is 1.98. The molecule has 1 N–H and O–H groups in total. The lowest BCUT2D eigenvalue weighted by Gasteiger charge is -2.06. The number of nitrogens with one attached hydrogen (secondary N) is 1. The summed E-state index contributed by atoms with van der Waals surface area (Å²) in [4.78, 5) is 0. The molecule has 3 nitrogen and oxygen atoms in total. The van der Waals surface area contributed by atoms with Crippen LogP contribution >= 0.6 is 0 Å². The fraction of sp³-hybridized carbons (Fsp3) is 0.125. The Hall–Kier alpha value is -2.69. The molecule has 20 heavy (non-hydrogen) atoms. The van der Waals surface area contributed by atoms with Gasteiger partial charge < -0.3 is 5.32 Å². The quantitative estimate of drug-likeness (QED) is 0.924. The maximum absolute atomic E-state index is 13.2. The van der Waals surface area contributed by atoms with E-state index in [0.717, 1.165) is 11.1 Å². The molecule has 2 rings (SSSR count). The first-order valence-electron chi connectivity index (χ1n) is 6.10. The van der Waals surface area contributed by atoms with E-state index in [1.54, 1.807) is 18.2 Å². The Morgan fingerprint density at radius 3 is 2.35 bits per heavy atom. The van der Waals surface area contributed by atoms with Gasteiger partial charge in [-0.3, -0.25) is 0 Å². The van der Waals surface area contributed by atoms with Crippen molar-refractivity contribution in [2.24, 2.45) is 0 Å². The first-order chi connectivity index (χ1) is 9.71. The third-order valence-electron chi connectivity index (χ3n) is 2.80. The summed E-state index contributed by atoms with van der Waals surface area (Å²) >= 11 is 0. The van der Waals surface area contributed by atoms with Gasteiger partial charge in [0, 0.05) is 13.1 Å². The van der Waals surface area contributed by atoms with Crippen molar-refractivity contribution in [3.63, 3.8) is 0 Å². The molecule has 0 spiro atoms. The lowest BCUT2D eigenvalue weighted by atomic mass is 10.1. The molecule has 0 bridgehead atoms. The van der Waals surface area contributed by atoms with Gasteiger partial charge >= 0.3 is 0 Å². The fourth-order valence-corrected chi connectivity index (χ4v) is 1.92. The van der Waals surface area contributed by atoms with Crippen molar-refractivity contribution in [1.29, 1.82) is 10.5 Å². The SMILES string of the molecule is N#Cc1cccc(CNCc2cc(F)cc(C#N)c2)c1. The van der Waals surface area contributed by atoms with Gasteiger partial charge in [-0.1, -0.05) is 12.1 Å². The summed E-state index contributed by atoms with van der Waals surface area (Å²) in [7, 11) is 0. The van der Waals surface area contributed by atoms with Crippen LogP contribution in [-0.4, -0.2) is 0 Å². The van der Waals surface area contributed by atoms with E-state index in [1.165, 1.54) is 12.1 Å². The predicted octanol–water partition coefficient (Wildman–Crippen LogP) is 2.86. The van der Waals surface area contributed by atoms with Gasteiger partial charge in [0.15, 0.2) is 0 Å². The molecule has 0 saturated carbocycles. The van der Waals surface area contributed by atoms with Crippen LogP contribution in [0.1, 0.15) is 22.3 Å². The summed E-state index contributed by atoms with van der Waals surface area (Å²) in [5.74, 6) is -0.410. The zero-order chi connectivity index (χ0) is 14.4. The third kappa shape index (κ3) is 3.65. The molecule has 0 saturated heterocycles. The van der Waals surface area contributed by atoms with Crippen molar-refractivity contribution in [3.8, 4) is 12.1 Å². The van der Waals surface area contributed by atoms with E-state index < -0.39 is 5.82 Å². The zero-order valence-electron chi connectivity index (χ0n) is 10.7. The maximum Gasteiger partial charge on any atom is 0.124 e. The Morgan fingerprint density at radius 1 is 0.900 bits per heavy atom. The summed E-state index contributed by atoms with van der Waals surface area (Å²) in [5.41, 5.74) is 2.63. The van der Waals surface area contributed by atoms with Gasteiger partial charge in [0.25, 0.3) is 0 Å². The van der Waals surface area contributed by atoms with Crippen molar-refractivity contribution in [2.75, 3.05) is 0 Å². The minimum absolute atomic E-state index is 0.313. The van der Waals surface area contributed by atoms with Crippen LogP contribution < -0.4 is 5.32 Å². The molecule has 0 aliphatic rings. The normalized spacial score (nSPS) is 9.75. The van der Waals surface area contributed by atoms with Crippen LogP contribution in [0.15, 0.2) is 42.5 Å². The Labute approximate surface area is 116 Å². The van der Waals surface area contributed by atoms with Crippen LogP contribution in [0.3, 0.4) is 0 Å². The topological polar surface area (TPSA) is 59.6 Å². The molecule has 0 aliphatic heterocycles. The van der Waals surface area contributed by atoms with E-state index in [2.05, 4.69) is 11.4 Å². The second-order valence-corrected chi connectivity index (χ2v) is 4.38. The van der Waals surface area contributed by atoms with Crippen LogP contribution in [-0.2, 0) is 13.1 Å². The minimum Gasteiger partial charge on any atom is -0.309 e. The van der Waals surface area contributed by atoms with Gasteiger partial charge in [0.05, 0.1) is 23.3 Å². The molecule has 2 aromatic carbocycles. The number of benzene rings is 2. The van der Waals surface area contributed by atoms with Crippen LogP contribution in [0, 0.1) is 28.5 Å². The Bertz CT molecular complexity index is 696. The molecule has 98 valence electrons. The van der Waals surface area contributed by atoms with Crippen molar-refractivity contribution < 1.29 is 4.39 Å². The summed E-state index contributed by atoms with van der Waals surface area (Å²) < 4.78 is 13.2. The smallest absolute Gasteiger partial charge is 0.124 e. The van der Waals surface area contributed by atoms with Crippen LogP contribution in [0.5, 0.6) is 0 Å². The van der Waals surface area contributed by atoms with Gasteiger partial charge in [-0.25, -0.2) is 4.39 Å². The number of nitrogens with zero attached hydrogens (tertiary/aromatic N) is 2. The summed E-state index contributed by atoms with van der Waals surface area (Å²) in [6.45, 7) is 1.04. The van der Waals surface area contributed by atoms with Gasteiger partial charge in [0.2, 0.25) is 0 Å². The average Bonchev–Trinajstić information content (AvgIpc) is 2.47. The lowest BCUT2D eigenvalue weighted by molar-refractivity contribution is 0.619. The standard InChI is InChI=1S/C16H12FN3/c17-16-6-14(9-19)5-15(7-16)11-20-10-13-3-1-2-12(4-13)8-18/h1-7,20H,10-11H2. The molecular formula is C16H12FN3. The van der Waals surface area contributed by atoms with Crippen molar-refractivity contribution in [3.05, 3.63) is 70.5 Å². The van der Waals surface area contributed by atoms with Gasteiger partial charge in [-0.15, -0.1) is 0 Å². The minimum atomic E-state index is -0.410. The van der Waals surface area contributed by atoms with Crippen LogP contribution in [0.4, 0.5) is 4.39 Å². The molecule has 0 aliphatic carbocycles. The Kier molecular flexibility index (Phi) is 4.44. The lowest BCUT2D eigenvalue weighted by Crippen LogP contribution is -2.13. The highest BCUT2D eigenvalue weighted by Gasteiger charge is 2.01. The molecular weight excluding hydrogens is 253 g/mol. The third-order valence-corrected chi connectivity index (χ3v) is 2.80. The number of halogens is 1. The van der Waals surface area contributed by atoms with E-state index in [-0.39, 0.29) is 0 Å². The summed E-state index contributed by atoms with van der Waals surface area (Å²) in [6, 6.07) is 15.6. The number of rotatable bonds is 4. The largest absolute Gasteiger partial charge is 0.309 e. The molecule has 2 aromatic rings. The molecule has 0 heterocycles. The van der Waals surface area contributed by atoms with Gasteiger partial charge in [0.1, 0.15) is 5.82 Å². The highest BCUT2D eigenvalue weighted by molar-refractivity contribution is 5.34. The fourth-order valence-electron chi connectivity index (χ4n) is 1.92. The molecule has 0 unspecified atom stereocenters. The molecule has 0 aromatic heterocycles. The highest BCUT2D eigenvalue weighted by atomic mass is 19.1. The van der Waals surface area contributed by atoms with Crippen LogP contribution in [0.2, 0.25) is 0 Å². The predicted molar refractivity (Wildman–Crippen MR) is 72.8 cm³/mol. The zero-order valence-corrected chi connectivity index (χ0v) is 10.7. The second-order valence-electron chi connectivity index (χ2n) is 4.38. The van der Waals surface area contributed by atoms with E-state index in [0.29, 0.717) is 24.2 Å². The summed E-state index contributed by atoms with van der Waals surface area (Å²) in [5, 5.41) is 20.8. The number of nitriles is 2. The number of hydrogen-bond donors (Lipinski definition) is 1. The first-order valence-corrected chi connectivity index (χ1v) is 6.10. The summed E-state index contributed by atoms with van der Waals surface area (Å²) in [6.07, 6.45) is 0. The van der Waals surface area contributed by atoms with Crippen LogP contribution in [0.25, 0.3) is 0 Å². The Morgan fingerprint density at radius 2 is 1.60 bits per heavy atom. The average molecular weight is 265 g/mol. The van der Waals surface area contributed by atoms with Crippen molar-refractivity contribution in [2.45, 2.75) is 13.1 Å². The molecule has 4 heteroatoms.